The Morgan fingerprint density at radius 2 is 2.20 bits per heavy atom. The number of nitrogens with one attached hydrogen (secondary N) is 2. The number of anilines is 1. The maximum absolute atomic E-state index is 11.5. The van der Waals surface area contributed by atoms with Crippen LogP contribution in [0.2, 0.25) is 0 Å². The molecule has 1 aliphatic heterocycles. The molecule has 1 fully saturated rings. The van der Waals surface area contributed by atoms with Crippen LogP contribution >= 0.6 is 27.3 Å². The topological polar surface area (TPSA) is 70.2 Å². The molecule has 4 rings (SSSR count). The highest BCUT2D eigenvalue weighted by Crippen LogP contribution is 2.41. The maximum atomic E-state index is 11.5. The molecule has 2 N–H and O–H groups in total. The van der Waals surface area contributed by atoms with Gasteiger partial charge in [0.05, 0.1) is 10.6 Å². The number of aromatic nitrogens is 2. The van der Waals surface area contributed by atoms with E-state index < -0.39 is 0 Å². The third kappa shape index (κ3) is 3.32. The molecule has 0 aliphatic carbocycles. The zero-order valence-electron chi connectivity index (χ0n) is 13.3. The monoisotopic (exact) mass is 417 g/mol. The SMILES string of the molecule is O=C1NCCN1CCNc1nccc(-c2sc3ccccc3c2Br)n1. The van der Waals surface area contributed by atoms with E-state index in [0.29, 0.717) is 25.6 Å². The van der Waals surface area contributed by atoms with E-state index in [1.807, 2.05) is 18.2 Å². The predicted molar refractivity (Wildman–Crippen MR) is 104 cm³/mol. The summed E-state index contributed by atoms with van der Waals surface area (Å²) < 4.78 is 2.28. The molecular weight excluding hydrogens is 402 g/mol. The third-order valence-electron chi connectivity index (χ3n) is 4.03. The fraction of sp³-hybridized carbons (Fsp3) is 0.235. The number of halogens is 1. The summed E-state index contributed by atoms with van der Waals surface area (Å²) in [7, 11) is 0. The molecule has 1 aromatic carbocycles. The van der Waals surface area contributed by atoms with Crippen LogP contribution in [0.15, 0.2) is 41.0 Å². The van der Waals surface area contributed by atoms with E-state index in [4.69, 9.17) is 0 Å². The highest BCUT2D eigenvalue weighted by atomic mass is 79.9. The predicted octanol–water partition coefficient (Wildman–Crippen LogP) is 3.56. The molecule has 25 heavy (non-hydrogen) atoms. The minimum absolute atomic E-state index is 0.00863. The minimum atomic E-state index is -0.00863. The molecule has 128 valence electrons. The molecule has 6 nitrogen and oxygen atoms in total. The van der Waals surface area contributed by atoms with Gasteiger partial charge >= 0.3 is 6.03 Å². The van der Waals surface area contributed by atoms with Crippen LogP contribution in [0.1, 0.15) is 0 Å². The van der Waals surface area contributed by atoms with Gasteiger partial charge in [0.25, 0.3) is 0 Å². The van der Waals surface area contributed by atoms with Crippen LogP contribution < -0.4 is 10.6 Å². The number of hydrogen-bond acceptors (Lipinski definition) is 5. The van der Waals surface area contributed by atoms with E-state index >= 15 is 0 Å². The molecule has 2 amide bonds. The molecule has 0 spiro atoms. The Balaban J connectivity index is 1.50. The summed E-state index contributed by atoms with van der Waals surface area (Å²) in [6.07, 6.45) is 1.75. The average Bonchev–Trinajstić information content (AvgIpc) is 3.19. The number of urea groups is 1. The van der Waals surface area contributed by atoms with E-state index in [-0.39, 0.29) is 6.03 Å². The first-order chi connectivity index (χ1) is 12.2. The molecule has 0 saturated carbocycles. The van der Waals surface area contributed by atoms with E-state index in [9.17, 15) is 4.79 Å². The highest BCUT2D eigenvalue weighted by molar-refractivity contribution is 9.10. The van der Waals surface area contributed by atoms with Crippen molar-refractivity contribution in [2.24, 2.45) is 0 Å². The van der Waals surface area contributed by atoms with E-state index in [2.05, 4.69) is 48.7 Å². The summed E-state index contributed by atoms with van der Waals surface area (Å²) >= 11 is 5.40. The quantitative estimate of drug-likeness (QED) is 0.665. The number of nitrogens with zero attached hydrogens (tertiary/aromatic N) is 3. The first-order valence-electron chi connectivity index (χ1n) is 7.99. The van der Waals surface area contributed by atoms with Crippen LogP contribution in [-0.2, 0) is 0 Å². The Kier molecular flexibility index (Phi) is 4.54. The van der Waals surface area contributed by atoms with E-state index in [0.717, 1.165) is 21.6 Å². The molecule has 0 radical (unpaired) electrons. The van der Waals surface area contributed by atoms with Crippen LogP contribution in [0, 0.1) is 0 Å². The van der Waals surface area contributed by atoms with Gasteiger partial charge in [-0.25, -0.2) is 14.8 Å². The summed E-state index contributed by atoms with van der Waals surface area (Å²) in [6, 6.07) is 10.2. The summed E-state index contributed by atoms with van der Waals surface area (Å²) in [6.45, 7) is 2.71. The number of carbonyl (C=O) groups is 1. The molecule has 0 atom stereocenters. The number of hydrogen-bond donors (Lipinski definition) is 2. The lowest BCUT2D eigenvalue weighted by atomic mass is 10.2. The van der Waals surface area contributed by atoms with Gasteiger partial charge in [0.2, 0.25) is 5.95 Å². The molecule has 2 aromatic heterocycles. The number of rotatable bonds is 5. The molecule has 3 aromatic rings. The summed E-state index contributed by atoms with van der Waals surface area (Å²) in [5, 5.41) is 7.18. The molecule has 0 bridgehead atoms. The van der Waals surface area contributed by atoms with Crippen molar-refractivity contribution in [1.29, 1.82) is 0 Å². The number of benzene rings is 1. The lowest BCUT2D eigenvalue weighted by Gasteiger charge is -2.14. The van der Waals surface area contributed by atoms with Gasteiger partial charge in [-0.05, 0) is 28.1 Å². The molecule has 3 heterocycles. The second-order valence-electron chi connectivity index (χ2n) is 5.65. The lowest BCUT2D eigenvalue weighted by molar-refractivity contribution is 0.219. The molecule has 8 heteroatoms. The number of carbonyl (C=O) groups excluding carboxylic acids is 1. The summed E-state index contributed by atoms with van der Waals surface area (Å²) in [4.78, 5) is 23.3. The fourth-order valence-electron chi connectivity index (χ4n) is 2.78. The van der Waals surface area contributed by atoms with Gasteiger partial charge in [-0.3, -0.25) is 0 Å². The molecule has 0 unspecified atom stereocenters. The molecule has 1 aliphatic rings. The van der Waals surface area contributed by atoms with E-state index in [1.165, 1.54) is 10.1 Å². The fourth-order valence-corrected chi connectivity index (χ4v) is 4.76. The number of fused-ring (bicyclic) bond motifs is 1. The second kappa shape index (κ2) is 6.97. The van der Waals surface area contributed by atoms with Crippen molar-refractivity contribution in [3.8, 4) is 10.6 Å². The van der Waals surface area contributed by atoms with Crippen molar-refractivity contribution in [2.45, 2.75) is 0 Å². The average molecular weight is 418 g/mol. The van der Waals surface area contributed by atoms with Crippen LogP contribution in [0.5, 0.6) is 0 Å². The maximum Gasteiger partial charge on any atom is 0.317 e. The summed E-state index contributed by atoms with van der Waals surface area (Å²) in [5.41, 5.74) is 0.879. The third-order valence-corrected chi connectivity index (χ3v) is 6.31. The number of amides is 2. The smallest absolute Gasteiger partial charge is 0.317 e. The van der Waals surface area contributed by atoms with Gasteiger partial charge in [-0.15, -0.1) is 11.3 Å². The Morgan fingerprint density at radius 3 is 3.00 bits per heavy atom. The van der Waals surface area contributed by atoms with Crippen LogP contribution in [-0.4, -0.2) is 47.1 Å². The van der Waals surface area contributed by atoms with Crippen molar-refractivity contribution in [3.05, 3.63) is 41.0 Å². The number of thiophene rings is 1. The van der Waals surface area contributed by atoms with Gasteiger partial charge in [0.1, 0.15) is 0 Å². The van der Waals surface area contributed by atoms with Crippen molar-refractivity contribution >= 4 is 49.3 Å². The summed E-state index contributed by atoms with van der Waals surface area (Å²) in [5.74, 6) is 0.571. The van der Waals surface area contributed by atoms with Crippen molar-refractivity contribution in [1.82, 2.24) is 20.2 Å². The van der Waals surface area contributed by atoms with Crippen LogP contribution in [0.25, 0.3) is 20.7 Å². The van der Waals surface area contributed by atoms with Crippen LogP contribution in [0.4, 0.5) is 10.7 Å². The Bertz CT molecular complexity index is 928. The standard InChI is InChI=1S/C17H16BrN5OS/c18-14-11-3-1-2-4-13(11)25-15(14)12-5-6-19-16(22-12)20-7-9-23-10-8-21-17(23)24/h1-6H,7-10H2,(H,21,24)(H,19,20,22). The zero-order chi connectivity index (χ0) is 17.2. The normalized spacial score (nSPS) is 14.1. The lowest BCUT2D eigenvalue weighted by Crippen LogP contribution is -2.32. The first kappa shape index (κ1) is 16.3. The molecule has 1 saturated heterocycles. The van der Waals surface area contributed by atoms with Gasteiger partial charge in [-0.1, -0.05) is 18.2 Å². The van der Waals surface area contributed by atoms with Crippen molar-refractivity contribution in [3.63, 3.8) is 0 Å². The molecular formula is C17H16BrN5OS. The minimum Gasteiger partial charge on any atom is -0.352 e. The zero-order valence-corrected chi connectivity index (χ0v) is 15.7. The van der Waals surface area contributed by atoms with E-state index in [1.54, 1.807) is 22.4 Å². The van der Waals surface area contributed by atoms with Gasteiger partial charge in [0.15, 0.2) is 0 Å². The Hall–Kier alpha value is -2.19. The van der Waals surface area contributed by atoms with Gasteiger partial charge < -0.3 is 15.5 Å². The first-order valence-corrected chi connectivity index (χ1v) is 9.60. The largest absolute Gasteiger partial charge is 0.352 e. The van der Waals surface area contributed by atoms with Crippen LogP contribution in [0.3, 0.4) is 0 Å². The Morgan fingerprint density at radius 1 is 1.32 bits per heavy atom. The van der Waals surface area contributed by atoms with Gasteiger partial charge in [-0.2, -0.15) is 0 Å². The van der Waals surface area contributed by atoms with Crippen molar-refractivity contribution in [2.75, 3.05) is 31.5 Å². The second-order valence-corrected chi connectivity index (χ2v) is 7.50. The van der Waals surface area contributed by atoms with Gasteiger partial charge in [0, 0.05) is 46.9 Å². The highest BCUT2D eigenvalue weighted by Gasteiger charge is 2.18. The Labute approximate surface area is 157 Å². The van der Waals surface area contributed by atoms with Crippen molar-refractivity contribution < 1.29 is 4.79 Å².